The number of fused-ring (bicyclic) bond motifs is 1. The van der Waals surface area contributed by atoms with Crippen molar-refractivity contribution in [2.75, 3.05) is 32.7 Å². The molecule has 29 heavy (non-hydrogen) atoms. The molecule has 1 atom stereocenters. The Kier molecular flexibility index (Phi) is 5.11. The highest BCUT2D eigenvalue weighted by Crippen LogP contribution is 2.30. The molecule has 0 radical (unpaired) electrons. The highest BCUT2D eigenvalue weighted by atomic mass is 19.3. The van der Waals surface area contributed by atoms with E-state index in [1.54, 1.807) is 4.90 Å². The lowest BCUT2D eigenvalue weighted by Crippen LogP contribution is -2.48. The molecule has 2 N–H and O–H groups in total. The number of β-amino-alcohol motifs (C(OH)–C–C–N with tert-alkyl or cyclic N) is 1. The van der Waals surface area contributed by atoms with Gasteiger partial charge < -0.3 is 14.9 Å². The molecule has 2 aromatic heterocycles. The average Bonchev–Trinajstić information content (AvgIpc) is 3.08. The van der Waals surface area contributed by atoms with Crippen molar-refractivity contribution in [3.8, 4) is 0 Å². The van der Waals surface area contributed by atoms with Crippen LogP contribution in [0.25, 0.3) is 5.78 Å². The van der Waals surface area contributed by atoms with Crippen LogP contribution in [0.1, 0.15) is 42.5 Å². The van der Waals surface area contributed by atoms with Crippen LogP contribution in [-0.2, 0) is 0 Å². The maximum absolute atomic E-state index is 13.4. The summed E-state index contributed by atoms with van der Waals surface area (Å²) in [4.78, 5) is 32.8. The maximum Gasteiger partial charge on any atom is 0.273 e. The number of carbonyl (C=O) groups excluding carboxylic acids is 1. The van der Waals surface area contributed by atoms with Crippen molar-refractivity contribution in [1.82, 2.24) is 29.4 Å². The third kappa shape index (κ3) is 4.15. The van der Waals surface area contributed by atoms with Crippen LogP contribution >= 0.6 is 0 Å². The summed E-state index contributed by atoms with van der Waals surface area (Å²) in [7, 11) is 0. The summed E-state index contributed by atoms with van der Waals surface area (Å²) >= 11 is 0. The number of aromatic nitrogens is 4. The summed E-state index contributed by atoms with van der Waals surface area (Å²) in [5, 5.41) is 17.3. The predicted octanol–water partition coefficient (Wildman–Crippen LogP) is 0.506. The summed E-state index contributed by atoms with van der Waals surface area (Å²) in [5.41, 5.74) is -1.58. The molecule has 0 aliphatic carbocycles. The molecular weight excluding hydrogens is 386 g/mol. The maximum atomic E-state index is 13.4. The molecule has 11 heteroatoms. The Morgan fingerprint density at radius 3 is 2.69 bits per heavy atom. The van der Waals surface area contributed by atoms with Crippen LogP contribution in [0.15, 0.2) is 17.3 Å². The van der Waals surface area contributed by atoms with E-state index < -0.39 is 23.0 Å². The summed E-state index contributed by atoms with van der Waals surface area (Å²) < 4.78 is 27.9. The molecule has 2 aliphatic rings. The Balaban J connectivity index is 1.42. The Morgan fingerprint density at radius 2 is 1.93 bits per heavy atom. The van der Waals surface area contributed by atoms with Gasteiger partial charge >= 0.3 is 0 Å². The third-order valence-corrected chi connectivity index (χ3v) is 5.87. The van der Waals surface area contributed by atoms with Gasteiger partial charge in [0.05, 0.1) is 5.60 Å². The zero-order valence-electron chi connectivity index (χ0n) is 16.0. The first kappa shape index (κ1) is 19.9. The zero-order chi connectivity index (χ0) is 20.6. The van der Waals surface area contributed by atoms with Gasteiger partial charge in [-0.15, -0.1) is 0 Å². The van der Waals surface area contributed by atoms with E-state index in [0.717, 1.165) is 0 Å². The number of rotatable bonds is 3. The van der Waals surface area contributed by atoms with Gasteiger partial charge in [0.1, 0.15) is 11.9 Å². The number of aromatic amines is 1. The van der Waals surface area contributed by atoms with E-state index in [9.17, 15) is 23.5 Å². The number of likely N-dealkylation sites (tertiary alicyclic amines) is 2. The number of H-pyrrole nitrogens is 1. The van der Waals surface area contributed by atoms with Crippen molar-refractivity contribution in [2.45, 2.75) is 43.6 Å². The Bertz CT molecular complexity index is 950. The van der Waals surface area contributed by atoms with E-state index in [2.05, 4.69) is 15.2 Å². The quantitative estimate of drug-likeness (QED) is 0.764. The Hall–Kier alpha value is -2.40. The van der Waals surface area contributed by atoms with Gasteiger partial charge in [0.2, 0.25) is 5.78 Å². The SMILES string of the molecule is O=C(c1cnc2[nH]ncn2c1=O)N1CCC[C@@](O)(CN2CCC(F)(F)CC2)CC1. The second-order valence-electron chi connectivity index (χ2n) is 8.03. The first-order chi connectivity index (χ1) is 13.8. The van der Waals surface area contributed by atoms with E-state index in [-0.39, 0.29) is 43.8 Å². The van der Waals surface area contributed by atoms with Crippen LogP contribution in [0, 0.1) is 0 Å². The van der Waals surface area contributed by atoms with Crippen molar-refractivity contribution >= 4 is 11.7 Å². The molecule has 0 saturated carbocycles. The van der Waals surface area contributed by atoms with Gasteiger partial charge in [-0.05, 0) is 19.3 Å². The molecule has 4 heterocycles. The predicted molar refractivity (Wildman–Crippen MR) is 98.9 cm³/mol. The number of nitrogens with one attached hydrogen (secondary N) is 1. The average molecular weight is 410 g/mol. The fraction of sp³-hybridized carbons (Fsp3) is 0.667. The Labute approximate surface area is 165 Å². The lowest BCUT2D eigenvalue weighted by Gasteiger charge is -2.37. The Morgan fingerprint density at radius 1 is 1.17 bits per heavy atom. The second kappa shape index (κ2) is 7.45. The summed E-state index contributed by atoms with van der Waals surface area (Å²) in [6.45, 7) is 1.52. The third-order valence-electron chi connectivity index (χ3n) is 5.87. The van der Waals surface area contributed by atoms with Crippen molar-refractivity contribution in [1.29, 1.82) is 0 Å². The molecule has 0 spiro atoms. The van der Waals surface area contributed by atoms with Crippen LogP contribution < -0.4 is 5.56 Å². The zero-order valence-corrected chi connectivity index (χ0v) is 16.0. The van der Waals surface area contributed by atoms with Gasteiger partial charge in [0.25, 0.3) is 17.4 Å². The van der Waals surface area contributed by atoms with Crippen molar-refractivity contribution in [3.63, 3.8) is 0 Å². The second-order valence-corrected chi connectivity index (χ2v) is 8.03. The number of halogens is 2. The first-order valence-corrected chi connectivity index (χ1v) is 9.79. The summed E-state index contributed by atoms with van der Waals surface area (Å²) in [6, 6.07) is 0. The molecule has 158 valence electrons. The van der Waals surface area contributed by atoms with Gasteiger partial charge in [-0.25, -0.2) is 23.3 Å². The van der Waals surface area contributed by atoms with Gasteiger partial charge in [0.15, 0.2) is 0 Å². The van der Waals surface area contributed by atoms with Crippen molar-refractivity contribution in [3.05, 3.63) is 28.4 Å². The van der Waals surface area contributed by atoms with Gasteiger partial charge in [-0.3, -0.25) is 9.59 Å². The standard InChI is InChI=1S/C18H24F2N6O3/c19-18(20)4-7-24(8-5-18)11-17(29)2-1-6-25(9-3-17)14(27)13-10-21-16-23-22-12-26(16)15(13)28/h10,12,29H,1-9,11H2,(H,21,23)/t17-/m0/s1. The molecule has 0 aromatic carbocycles. The van der Waals surface area contributed by atoms with Gasteiger partial charge in [-0.2, -0.15) is 5.10 Å². The van der Waals surface area contributed by atoms with Crippen LogP contribution in [0.4, 0.5) is 8.78 Å². The van der Waals surface area contributed by atoms with E-state index >= 15 is 0 Å². The molecule has 2 aromatic rings. The van der Waals surface area contributed by atoms with E-state index in [4.69, 9.17) is 0 Å². The number of carbonyl (C=O) groups is 1. The number of amides is 1. The largest absolute Gasteiger partial charge is 0.388 e. The molecule has 2 aliphatic heterocycles. The minimum atomic E-state index is -2.62. The van der Waals surface area contributed by atoms with E-state index in [0.29, 0.717) is 32.4 Å². The molecule has 1 amide bonds. The number of aliphatic hydroxyl groups is 1. The number of alkyl halides is 2. The number of hydrogen-bond donors (Lipinski definition) is 2. The topological polar surface area (TPSA) is 107 Å². The lowest BCUT2D eigenvalue weighted by atomic mass is 9.93. The minimum absolute atomic E-state index is 0.0485. The van der Waals surface area contributed by atoms with Crippen LogP contribution in [0.2, 0.25) is 0 Å². The fourth-order valence-electron chi connectivity index (χ4n) is 4.11. The van der Waals surface area contributed by atoms with Gasteiger partial charge in [-0.1, -0.05) is 0 Å². The van der Waals surface area contributed by atoms with Crippen molar-refractivity contribution < 1.29 is 18.7 Å². The lowest BCUT2D eigenvalue weighted by molar-refractivity contribution is -0.0768. The smallest absolute Gasteiger partial charge is 0.273 e. The highest BCUT2D eigenvalue weighted by molar-refractivity contribution is 5.93. The molecule has 9 nitrogen and oxygen atoms in total. The number of piperidine rings is 1. The van der Waals surface area contributed by atoms with Gasteiger partial charge in [0, 0.05) is 51.8 Å². The molecule has 4 rings (SSSR count). The molecule has 2 fully saturated rings. The number of hydrogen-bond acceptors (Lipinski definition) is 6. The molecule has 0 unspecified atom stereocenters. The molecule has 2 saturated heterocycles. The highest BCUT2D eigenvalue weighted by Gasteiger charge is 2.38. The van der Waals surface area contributed by atoms with Crippen molar-refractivity contribution in [2.24, 2.45) is 0 Å². The van der Waals surface area contributed by atoms with E-state index in [1.807, 2.05) is 4.90 Å². The monoisotopic (exact) mass is 410 g/mol. The van der Waals surface area contributed by atoms with E-state index in [1.165, 1.54) is 16.9 Å². The summed E-state index contributed by atoms with van der Waals surface area (Å²) in [5.74, 6) is -2.80. The fourth-order valence-corrected chi connectivity index (χ4v) is 4.11. The minimum Gasteiger partial charge on any atom is -0.388 e. The molecule has 0 bridgehead atoms. The summed E-state index contributed by atoms with van der Waals surface area (Å²) in [6.07, 6.45) is 3.49. The number of nitrogens with zero attached hydrogens (tertiary/aromatic N) is 5. The molecular formula is C18H24F2N6O3. The normalized spacial score (nSPS) is 25.8. The van der Waals surface area contributed by atoms with Crippen LogP contribution in [-0.4, -0.2) is 84.6 Å². The van der Waals surface area contributed by atoms with Crippen LogP contribution in [0.3, 0.4) is 0 Å². The van der Waals surface area contributed by atoms with Crippen LogP contribution in [0.5, 0.6) is 0 Å². The first-order valence-electron chi connectivity index (χ1n) is 9.79.